The second kappa shape index (κ2) is 8.10. The quantitative estimate of drug-likeness (QED) is 0.786. The van der Waals surface area contributed by atoms with Crippen LogP contribution in [-0.4, -0.2) is 18.3 Å². The van der Waals surface area contributed by atoms with Crippen molar-refractivity contribution in [3.63, 3.8) is 0 Å². The highest BCUT2D eigenvalue weighted by Crippen LogP contribution is 2.22. The number of hydrogen-bond acceptors (Lipinski definition) is 3. The maximum Gasteiger partial charge on any atom is 0.137 e. The molecule has 4 heteroatoms. The molecule has 0 unspecified atom stereocenters. The summed E-state index contributed by atoms with van der Waals surface area (Å²) in [5.74, 6) is 0.637. The molecular formula is C13H16BrNO2. The van der Waals surface area contributed by atoms with E-state index < -0.39 is 0 Å². The van der Waals surface area contributed by atoms with Gasteiger partial charge in [-0.25, -0.2) is 0 Å². The number of ether oxygens (including phenoxy) is 1. The molecule has 1 rings (SSSR count). The molecule has 3 nitrogen and oxygen atoms in total. The topological polar surface area (TPSA) is 53.2 Å². The molecule has 0 aromatic heterocycles. The normalized spacial score (nSPS) is 9.94. The predicted octanol–water partition coefficient (Wildman–Crippen LogP) is 3.25. The first kappa shape index (κ1) is 14.0. The van der Waals surface area contributed by atoms with Gasteiger partial charge in [-0.15, -0.1) is 0 Å². The van der Waals surface area contributed by atoms with Gasteiger partial charge in [0.25, 0.3) is 0 Å². The lowest BCUT2D eigenvalue weighted by molar-refractivity contribution is 0.273. The fourth-order valence-electron chi connectivity index (χ4n) is 1.46. The van der Waals surface area contributed by atoms with E-state index in [1.54, 1.807) is 12.1 Å². The molecule has 0 heterocycles. The van der Waals surface area contributed by atoms with Crippen LogP contribution < -0.4 is 4.74 Å². The molecule has 0 aliphatic heterocycles. The smallest absolute Gasteiger partial charge is 0.137 e. The summed E-state index contributed by atoms with van der Waals surface area (Å²) in [5.41, 5.74) is 0.551. The molecule has 0 aliphatic carbocycles. The van der Waals surface area contributed by atoms with Crippen molar-refractivity contribution in [1.29, 1.82) is 5.26 Å². The van der Waals surface area contributed by atoms with E-state index in [-0.39, 0.29) is 6.61 Å². The van der Waals surface area contributed by atoms with Crippen molar-refractivity contribution in [3.05, 3.63) is 28.2 Å². The maximum atomic E-state index is 8.94. The lowest BCUT2D eigenvalue weighted by Gasteiger charge is -2.07. The van der Waals surface area contributed by atoms with E-state index in [9.17, 15) is 0 Å². The van der Waals surface area contributed by atoms with Crippen molar-refractivity contribution in [2.75, 3.05) is 13.2 Å². The van der Waals surface area contributed by atoms with E-state index >= 15 is 0 Å². The van der Waals surface area contributed by atoms with Gasteiger partial charge in [0.2, 0.25) is 0 Å². The SMILES string of the molecule is N#Cc1cc(Br)ccc1OCCCCCCO. The Morgan fingerprint density at radius 1 is 1.24 bits per heavy atom. The minimum absolute atomic E-state index is 0.256. The summed E-state index contributed by atoms with van der Waals surface area (Å²) in [7, 11) is 0. The van der Waals surface area contributed by atoms with Gasteiger partial charge in [-0.05, 0) is 37.5 Å². The monoisotopic (exact) mass is 297 g/mol. The van der Waals surface area contributed by atoms with E-state index in [2.05, 4.69) is 22.0 Å². The van der Waals surface area contributed by atoms with Gasteiger partial charge in [-0.2, -0.15) is 5.26 Å². The predicted molar refractivity (Wildman–Crippen MR) is 69.9 cm³/mol. The number of unbranched alkanes of at least 4 members (excludes halogenated alkanes) is 3. The number of aliphatic hydroxyl groups is 1. The minimum Gasteiger partial charge on any atom is -0.492 e. The van der Waals surface area contributed by atoms with Crippen LogP contribution in [0.1, 0.15) is 31.2 Å². The van der Waals surface area contributed by atoms with Gasteiger partial charge in [0.05, 0.1) is 12.2 Å². The van der Waals surface area contributed by atoms with Gasteiger partial charge in [-0.3, -0.25) is 0 Å². The molecule has 0 radical (unpaired) electrons. The molecule has 0 bridgehead atoms. The molecular weight excluding hydrogens is 282 g/mol. The third kappa shape index (κ3) is 5.20. The van der Waals surface area contributed by atoms with E-state index in [1.165, 1.54) is 0 Å². The zero-order valence-corrected chi connectivity index (χ0v) is 11.2. The highest BCUT2D eigenvalue weighted by Gasteiger charge is 2.03. The van der Waals surface area contributed by atoms with Crippen molar-refractivity contribution < 1.29 is 9.84 Å². The van der Waals surface area contributed by atoms with Crippen LogP contribution >= 0.6 is 15.9 Å². The summed E-state index contributed by atoms with van der Waals surface area (Å²) in [6.45, 7) is 0.869. The van der Waals surface area contributed by atoms with Crippen molar-refractivity contribution >= 4 is 15.9 Å². The average Bonchev–Trinajstić information content (AvgIpc) is 2.35. The minimum atomic E-state index is 0.256. The van der Waals surface area contributed by atoms with Crippen LogP contribution in [0.2, 0.25) is 0 Å². The Morgan fingerprint density at radius 2 is 2.00 bits per heavy atom. The van der Waals surface area contributed by atoms with Crippen LogP contribution in [0, 0.1) is 11.3 Å². The first-order valence-corrected chi connectivity index (χ1v) is 6.50. The third-order valence-electron chi connectivity index (χ3n) is 2.37. The number of nitriles is 1. The first-order valence-electron chi connectivity index (χ1n) is 5.71. The molecule has 17 heavy (non-hydrogen) atoms. The third-order valence-corrected chi connectivity index (χ3v) is 2.87. The van der Waals surface area contributed by atoms with Crippen LogP contribution in [-0.2, 0) is 0 Å². The molecule has 0 spiro atoms. The van der Waals surface area contributed by atoms with Crippen LogP contribution in [0.15, 0.2) is 22.7 Å². The lowest BCUT2D eigenvalue weighted by Crippen LogP contribution is -1.99. The summed E-state index contributed by atoms with van der Waals surface area (Å²) >= 11 is 3.32. The lowest BCUT2D eigenvalue weighted by atomic mass is 10.2. The van der Waals surface area contributed by atoms with Crippen molar-refractivity contribution in [3.8, 4) is 11.8 Å². The Hall–Kier alpha value is -1.05. The molecule has 0 saturated carbocycles. The highest BCUT2D eigenvalue weighted by atomic mass is 79.9. The fourth-order valence-corrected chi connectivity index (χ4v) is 1.83. The number of nitrogens with zero attached hydrogens (tertiary/aromatic N) is 1. The number of benzene rings is 1. The van der Waals surface area contributed by atoms with Crippen molar-refractivity contribution in [1.82, 2.24) is 0 Å². The second-order valence-corrected chi connectivity index (χ2v) is 4.65. The van der Waals surface area contributed by atoms with E-state index in [4.69, 9.17) is 15.1 Å². The van der Waals surface area contributed by atoms with Gasteiger partial charge in [0.15, 0.2) is 0 Å². The zero-order valence-electron chi connectivity index (χ0n) is 9.66. The first-order chi connectivity index (χ1) is 8.27. The van der Waals surface area contributed by atoms with Crippen LogP contribution in [0.25, 0.3) is 0 Å². The molecule has 1 N–H and O–H groups in total. The van der Waals surface area contributed by atoms with Gasteiger partial charge in [0.1, 0.15) is 11.8 Å². The Kier molecular flexibility index (Phi) is 6.68. The van der Waals surface area contributed by atoms with E-state index in [0.29, 0.717) is 17.9 Å². The van der Waals surface area contributed by atoms with Crippen LogP contribution in [0.3, 0.4) is 0 Å². The standard InChI is InChI=1S/C13H16BrNO2/c14-12-5-6-13(11(9-12)10-15)17-8-4-2-1-3-7-16/h5-6,9,16H,1-4,7-8H2. The molecule has 0 fully saturated rings. The van der Waals surface area contributed by atoms with E-state index in [0.717, 1.165) is 30.2 Å². The Balaban J connectivity index is 2.34. The van der Waals surface area contributed by atoms with Crippen molar-refractivity contribution in [2.45, 2.75) is 25.7 Å². The summed E-state index contributed by atoms with van der Waals surface area (Å²) in [6, 6.07) is 7.53. The van der Waals surface area contributed by atoms with E-state index in [1.807, 2.05) is 6.07 Å². The number of rotatable bonds is 7. The molecule has 0 amide bonds. The molecule has 0 atom stereocenters. The van der Waals surface area contributed by atoms with Crippen LogP contribution in [0.4, 0.5) is 0 Å². The molecule has 1 aromatic carbocycles. The fraction of sp³-hybridized carbons (Fsp3) is 0.462. The Labute approximate surface area is 110 Å². The molecule has 0 aliphatic rings. The second-order valence-electron chi connectivity index (χ2n) is 3.74. The summed E-state index contributed by atoms with van der Waals surface area (Å²) in [4.78, 5) is 0. The van der Waals surface area contributed by atoms with Gasteiger partial charge in [0, 0.05) is 11.1 Å². The molecule has 92 valence electrons. The maximum absolute atomic E-state index is 8.94. The molecule has 1 aromatic rings. The average molecular weight is 298 g/mol. The number of halogens is 1. The van der Waals surface area contributed by atoms with Gasteiger partial charge >= 0.3 is 0 Å². The number of aliphatic hydroxyl groups excluding tert-OH is 1. The zero-order chi connectivity index (χ0) is 12.5. The summed E-state index contributed by atoms with van der Waals surface area (Å²) in [5, 5.41) is 17.6. The van der Waals surface area contributed by atoms with Crippen LogP contribution in [0.5, 0.6) is 5.75 Å². The molecule has 0 saturated heterocycles. The summed E-state index contributed by atoms with van der Waals surface area (Å²) < 4.78 is 6.44. The van der Waals surface area contributed by atoms with Gasteiger partial charge in [-0.1, -0.05) is 22.4 Å². The highest BCUT2D eigenvalue weighted by molar-refractivity contribution is 9.10. The van der Waals surface area contributed by atoms with Crippen molar-refractivity contribution in [2.24, 2.45) is 0 Å². The largest absolute Gasteiger partial charge is 0.492 e. The number of hydrogen-bond donors (Lipinski definition) is 1. The Bertz CT molecular complexity index is 387. The van der Waals surface area contributed by atoms with Gasteiger partial charge < -0.3 is 9.84 Å². The summed E-state index contributed by atoms with van der Waals surface area (Å²) in [6.07, 6.45) is 3.85. The Morgan fingerprint density at radius 3 is 2.71 bits per heavy atom.